The summed E-state index contributed by atoms with van der Waals surface area (Å²) >= 11 is -1.51. The van der Waals surface area contributed by atoms with E-state index in [1.807, 2.05) is 25.7 Å². The van der Waals surface area contributed by atoms with Crippen LogP contribution in [0.25, 0.3) is 11.0 Å². The Morgan fingerprint density at radius 2 is 1.84 bits per heavy atom. The van der Waals surface area contributed by atoms with E-state index in [0.29, 0.717) is 54.6 Å². The Bertz CT molecular complexity index is 1070. The highest BCUT2D eigenvalue weighted by Gasteiger charge is 2.28. The van der Waals surface area contributed by atoms with Gasteiger partial charge >= 0.3 is 0 Å². The lowest BCUT2D eigenvalue weighted by Gasteiger charge is -2.27. The van der Waals surface area contributed by atoms with Crippen LogP contribution in [0.3, 0.4) is 0 Å². The molecule has 0 saturated carbocycles. The third kappa shape index (κ3) is 5.11. The molecule has 1 aromatic heterocycles. The van der Waals surface area contributed by atoms with Crippen molar-refractivity contribution >= 4 is 39.8 Å². The zero-order chi connectivity index (χ0) is 22.9. The molecule has 1 aliphatic heterocycles. The minimum Gasteiger partial charge on any atom is -0.591 e. The third-order valence-electron chi connectivity index (χ3n) is 4.92. The Morgan fingerprint density at radius 3 is 2.42 bits per heavy atom. The average molecular weight is 448 g/mol. The van der Waals surface area contributed by atoms with E-state index in [1.54, 1.807) is 33.2 Å². The maximum Gasteiger partial charge on any atom is 0.253 e. The summed E-state index contributed by atoms with van der Waals surface area (Å²) in [5, 5.41) is 0.288. The molecule has 31 heavy (non-hydrogen) atoms. The number of rotatable bonds is 4. The third-order valence-corrected chi connectivity index (χ3v) is 6.41. The molecule has 1 aliphatic rings. The van der Waals surface area contributed by atoms with Crippen molar-refractivity contribution in [1.82, 2.24) is 4.90 Å². The van der Waals surface area contributed by atoms with Crippen LogP contribution >= 0.6 is 0 Å². The minimum absolute atomic E-state index is 0.246. The highest BCUT2D eigenvalue weighted by molar-refractivity contribution is 7.91. The fourth-order valence-corrected chi connectivity index (χ4v) is 3.77. The number of morpholine rings is 1. The first-order valence-electron chi connectivity index (χ1n) is 10.1. The van der Waals surface area contributed by atoms with Crippen LogP contribution in [0.5, 0.6) is 0 Å². The van der Waals surface area contributed by atoms with Crippen molar-refractivity contribution in [2.24, 2.45) is 4.40 Å². The number of carbonyl (C=O) groups is 1. The number of benzene rings is 1. The Kier molecular flexibility index (Phi) is 6.78. The van der Waals surface area contributed by atoms with Crippen LogP contribution in [0.2, 0.25) is 0 Å². The fraction of sp³-hybridized carbons (Fsp3) is 0.500. The van der Waals surface area contributed by atoms with E-state index < -0.39 is 16.1 Å². The van der Waals surface area contributed by atoms with Crippen molar-refractivity contribution in [3.8, 4) is 0 Å². The van der Waals surface area contributed by atoms with Gasteiger partial charge in [-0.2, -0.15) is 0 Å². The van der Waals surface area contributed by atoms with Gasteiger partial charge in [0.1, 0.15) is 21.7 Å². The van der Waals surface area contributed by atoms with E-state index in [2.05, 4.69) is 4.40 Å². The number of amides is 1. The molecule has 168 valence electrons. The lowest BCUT2D eigenvalue weighted by molar-refractivity contribution is 0.0827. The maximum atomic E-state index is 13.0. The Morgan fingerprint density at radius 1 is 1.19 bits per heavy atom. The lowest BCUT2D eigenvalue weighted by atomic mass is 10.0. The van der Waals surface area contributed by atoms with Gasteiger partial charge in [-0.1, -0.05) is 4.40 Å². The summed E-state index contributed by atoms with van der Waals surface area (Å²) < 4.78 is 28.0. The average Bonchev–Trinajstić information content (AvgIpc) is 2.72. The number of hydrogen-bond acceptors (Lipinski definition) is 7. The first-order valence-corrected chi connectivity index (χ1v) is 11.2. The van der Waals surface area contributed by atoms with Gasteiger partial charge in [-0.25, -0.2) is 0 Å². The van der Waals surface area contributed by atoms with Crippen LogP contribution in [0, 0.1) is 0 Å². The van der Waals surface area contributed by atoms with Crippen molar-refractivity contribution in [2.75, 3.05) is 45.3 Å². The first-order chi connectivity index (χ1) is 14.5. The number of ether oxygens (including phenoxy) is 1. The molecular formula is C22H29N3O5S. The van der Waals surface area contributed by atoms with Gasteiger partial charge < -0.3 is 23.5 Å². The number of anilines is 1. The van der Waals surface area contributed by atoms with Crippen LogP contribution in [-0.4, -0.2) is 66.2 Å². The van der Waals surface area contributed by atoms with E-state index in [0.717, 1.165) is 0 Å². The molecular weight excluding hydrogens is 418 g/mol. The molecule has 1 fully saturated rings. The lowest BCUT2D eigenvalue weighted by Crippen LogP contribution is -2.36. The van der Waals surface area contributed by atoms with E-state index in [4.69, 9.17) is 9.15 Å². The molecule has 1 saturated heterocycles. The molecule has 1 amide bonds. The number of carbonyl (C=O) groups excluding carboxylic acids is 1. The molecule has 1 aromatic carbocycles. The molecule has 0 aliphatic carbocycles. The Balaban J connectivity index is 2.24. The quantitative estimate of drug-likeness (QED) is 0.528. The molecule has 0 bridgehead atoms. The number of nitrogens with zero attached hydrogens (tertiary/aromatic N) is 3. The van der Waals surface area contributed by atoms with Gasteiger partial charge in [0, 0.05) is 44.4 Å². The van der Waals surface area contributed by atoms with Crippen molar-refractivity contribution in [3.05, 3.63) is 39.5 Å². The van der Waals surface area contributed by atoms with Crippen molar-refractivity contribution in [2.45, 2.75) is 32.4 Å². The molecule has 0 N–H and O–H groups in total. The second-order valence-electron chi connectivity index (χ2n) is 8.69. The van der Waals surface area contributed by atoms with Crippen LogP contribution in [-0.2, 0) is 16.1 Å². The zero-order valence-electron chi connectivity index (χ0n) is 18.9. The minimum atomic E-state index is -1.51. The van der Waals surface area contributed by atoms with E-state index in [9.17, 15) is 14.1 Å². The summed E-state index contributed by atoms with van der Waals surface area (Å²) in [4.78, 5) is 29.0. The fourth-order valence-electron chi connectivity index (χ4n) is 3.15. The number of fused-ring (bicyclic) bond motifs is 1. The maximum absolute atomic E-state index is 13.0. The second kappa shape index (κ2) is 9.02. The molecule has 2 heterocycles. The van der Waals surface area contributed by atoms with Gasteiger partial charge in [0.2, 0.25) is 0 Å². The van der Waals surface area contributed by atoms with Gasteiger partial charge in [0.15, 0.2) is 11.3 Å². The van der Waals surface area contributed by atoms with Crippen LogP contribution in [0.1, 0.15) is 43.6 Å². The summed E-state index contributed by atoms with van der Waals surface area (Å²) in [5.41, 5.74) is 1.34. The van der Waals surface area contributed by atoms with Crippen LogP contribution < -0.4 is 10.3 Å². The Labute approximate surface area is 185 Å². The summed E-state index contributed by atoms with van der Waals surface area (Å²) in [5.74, 6) is 0.197. The van der Waals surface area contributed by atoms with Gasteiger partial charge in [-0.05, 0) is 39.8 Å². The first kappa shape index (κ1) is 23.3. The predicted molar refractivity (Wildman–Crippen MR) is 124 cm³/mol. The molecule has 0 unspecified atom stereocenters. The molecule has 9 heteroatoms. The van der Waals surface area contributed by atoms with E-state index in [-0.39, 0.29) is 16.7 Å². The molecule has 8 nitrogen and oxygen atoms in total. The van der Waals surface area contributed by atoms with Crippen molar-refractivity contribution in [1.29, 1.82) is 0 Å². The highest BCUT2D eigenvalue weighted by Crippen LogP contribution is 2.27. The van der Waals surface area contributed by atoms with Crippen molar-refractivity contribution in [3.63, 3.8) is 0 Å². The topological polar surface area (TPSA) is 98.4 Å². The molecule has 3 rings (SSSR count). The largest absolute Gasteiger partial charge is 0.591 e. The van der Waals surface area contributed by atoms with Gasteiger partial charge in [-0.15, -0.1) is 0 Å². The summed E-state index contributed by atoms with van der Waals surface area (Å²) in [6, 6.07) is 4.64. The van der Waals surface area contributed by atoms with Crippen LogP contribution in [0.15, 0.2) is 31.8 Å². The normalized spacial score (nSPS) is 16.5. The SMILES string of the molecule is CC(=N[S@+]([O-])C(C)(C)C)c1cc(C(=O)N(C)C)cc2c(=O)cc(N3CCOCC3)oc12. The van der Waals surface area contributed by atoms with E-state index in [1.165, 1.54) is 11.0 Å². The Hall–Kier alpha value is -2.36. The molecule has 1 atom stereocenters. The second-order valence-corrected chi connectivity index (χ2v) is 10.6. The van der Waals surface area contributed by atoms with Crippen molar-refractivity contribution < 1.29 is 18.5 Å². The monoisotopic (exact) mass is 447 g/mol. The molecule has 0 radical (unpaired) electrons. The zero-order valence-corrected chi connectivity index (χ0v) is 19.7. The van der Waals surface area contributed by atoms with Crippen LogP contribution in [0.4, 0.5) is 5.88 Å². The summed E-state index contributed by atoms with van der Waals surface area (Å²) in [6.45, 7) is 9.54. The van der Waals surface area contributed by atoms with Gasteiger partial charge in [0.05, 0.1) is 24.3 Å². The predicted octanol–water partition coefficient (Wildman–Crippen LogP) is 2.60. The standard InChI is InChI=1S/C22H29N3O5S/c1-14(23-31(28)22(2,3)4)16-11-15(21(27)24(5)6)12-17-18(26)13-19(30-20(16)17)25-7-9-29-10-8-25/h11-13H,7-10H2,1-6H3/t31-/m1/s1. The number of hydrogen-bond donors (Lipinski definition) is 0. The smallest absolute Gasteiger partial charge is 0.253 e. The van der Waals surface area contributed by atoms with Gasteiger partial charge in [-0.3, -0.25) is 9.59 Å². The van der Waals surface area contributed by atoms with Gasteiger partial charge in [0.25, 0.3) is 5.91 Å². The molecule has 0 spiro atoms. The van der Waals surface area contributed by atoms with E-state index >= 15 is 0 Å². The molecule has 2 aromatic rings. The summed E-state index contributed by atoms with van der Waals surface area (Å²) in [7, 11) is 3.29. The summed E-state index contributed by atoms with van der Waals surface area (Å²) in [6.07, 6.45) is 0. The highest BCUT2D eigenvalue weighted by atomic mass is 32.2.